The number of nitrogens with one attached hydrogen (secondary N) is 2. The summed E-state index contributed by atoms with van der Waals surface area (Å²) in [7, 11) is 4.98. The van der Waals surface area contributed by atoms with Crippen molar-refractivity contribution in [1.29, 1.82) is 0 Å². The molecular weight excluding hydrogens is 296 g/mol. The number of carbonyl (C=O) groups excluding carboxylic acids is 1. The van der Waals surface area contributed by atoms with E-state index in [0.717, 1.165) is 0 Å². The Bertz CT molecular complexity index is 689. The number of amides is 2. The average Bonchev–Trinajstić information content (AvgIpc) is 2.48. The van der Waals surface area contributed by atoms with Crippen molar-refractivity contribution in [2.75, 3.05) is 32.3 Å². The van der Waals surface area contributed by atoms with Gasteiger partial charge in [0.25, 0.3) is 0 Å². The fourth-order valence-corrected chi connectivity index (χ4v) is 1.90. The molecule has 0 fully saturated rings. The van der Waals surface area contributed by atoms with Crippen molar-refractivity contribution in [1.82, 2.24) is 10.4 Å². The van der Waals surface area contributed by atoms with Gasteiger partial charge in [-0.2, -0.15) is 0 Å². The highest BCUT2D eigenvalue weighted by Crippen LogP contribution is 2.34. The highest BCUT2D eigenvalue weighted by atomic mass is 16.5. The standard InChI is InChI=1S/C16H20N4O3/c1-20(2)19-16(21)18-12-7-8-14(15(10-12)22-3)23-13-6-4-5-11(17)9-13/h4-10H,17H2,1-3H3,(H2,18,19,21). The zero-order valence-electron chi connectivity index (χ0n) is 13.3. The molecule has 0 radical (unpaired) electrons. The molecule has 2 amide bonds. The normalized spacial score (nSPS) is 10.3. The van der Waals surface area contributed by atoms with Gasteiger partial charge in [-0.1, -0.05) is 6.07 Å². The molecule has 0 unspecified atom stereocenters. The van der Waals surface area contributed by atoms with Crippen LogP contribution in [0.2, 0.25) is 0 Å². The molecule has 0 saturated carbocycles. The molecule has 0 saturated heterocycles. The zero-order chi connectivity index (χ0) is 16.8. The van der Waals surface area contributed by atoms with Crippen molar-refractivity contribution < 1.29 is 14.3 Å². The third-order valence-electron chi connectivity index (χ3n) is 2.83. The summed E-state index contributed by atoms with van der Waals surface area (Å²) in [5.74, 6) is 1.63. The van der Waals surface area contributed by atoms with E-state index in [0.29, 0.717) is 28.6 Å². The number of methoxy groups -OCH3 is 1. The Morgan fingerprint density at radius 3 is 2.57 bits per heavy atom. The highest BCUT2D eigenvalue weighted by Gasteiger charge is 2.09. The second-order valence-corrected chi connectivity index (χ2v) is 5.00. The van der Waals surface area contributed by atoms with E-state index in [-0.39, 0.29) is 6.03 Å². The van der Waals surface area contributed by atoms with Crippen LogP contribution in [0.15, 0.2) is 42.5 Å². The van der Waals surface area contributed by atoms with Crippen LogP contribution in [0.25, 0.3) is 0 Å². The van der Waals surface area contributed by atoms with Crippen LogP contribution in [0, 0.1) is 0 Å². The second-order valence-electron chi connectivity index (χ2n) is 5.00. The van der Waals surface area contributed by atoms with Crippen LogP contribution >= 0.6 is 0 Å². The summed E-state index contributed by atoms with van der Waals surface area (Å²) in [5.41, 5.74) is 9.51. The summed E-state index contributed by atoms with van der Waals surface area (Å²) in [6.45, 7) is 0. The number of ether oxygens (including phenoxy) is 2. The molecule has 0 aliphatic rings. The number of nitrogens with two attached hydrogens (primary N) is 1. The minimum Gasteiger partial charge on any atom is -0.493 e. The molecule has 7 heteroatoms. The lowest BCUT2D eigenvalue weighted by molar-refractivity contribution is 0.224. The van der Waals surface area contributed by atoms with E-state index in [1.165, 1.54) is 7.11 Å². The van der Waals surface area contributed by atoms with E-state index < -0.39 is 0 Å². The van der Waals surface area contributed by atoms with Crippen molar-refractivity contribution in [3.8, 4) is 17.2 Å². The van der Waals surface area contributed by atoms with Crippen molar-refractivity contribution in [3.05, 3.63) is 42.5 Å². The van der Waals surface area contributed by atoms with Crippen LogP contribution in [0.5, 0.6) is 17.2 Å². The molecule has 122 valence electrons. The van der Waals surface area contributed by atoms with E-state index in [1.807, 2.05) is 0 Å². The summed E-state index contributed by atoms with van der Waals surface area (Å²) in [4.78, 5) is 11.7. The number of hydrogen-bond donors (Lipinski definition) is 3. The maximum absolute atomic E-state index is 11.7. The SMILES string of the molecule is COc1cc(NC(=O)NN(C)C)ccc1Oc1cccc(N)c1. The van der Waals surface area contributed by atoms with Gasteiger partial charge < -0.3 is 20.5 Å². The molecule has 0 aliphatic carbocycles. The largest absolute Gasteiger partial charge is 0.493 e. The molecule has 0 atom stereocenters. The summed E-state index contributed by atoms with van der Waals surface area (Å²) in [6.07, 6.45) is 0. The van der Waals surface area contributed by atoms with E-state index in [9.17, 15) is 4.79 Å². The topological polar surface area (TPSA) is 88.8 Å². The number of urea groups is 1. The van der Waals surface area contributed by atoms with Gasteiger partial charge in [-0.25, -0.2) is 9.80 Å². The number of carbonyl (C=O) groups is 1. The Kier molecular flexibility index (Phi) is 5.27. The molecular formula is C16H20N4O3. The van der Waals surface area contributed by atoms with Gasteiger partial charge in [0.15, 0.2) is 11.5 Å². The van der Waals surface area contributed by atoms with Crippen LogP contribution in [-0.4, -0.2) is 32.2 Å². The average molecular weight is 316 g/mol. The fourth-order valence-electron chi connectivity index (χ4n) is 1.90. The van der Waals surface area contributed by atoms with Crippen LogP contribution in [-0.2, 0) is 0 Å². The Morgan fingerprint density at radius 2 is 1.91 bits per heavy atom. The second kappa shape index (κ2) is 7.37. The highest BCUT2D eigenvalue weighted by molar-refractivity contribution is 5.89. The van der Waals surface area contributed by atoms with E-state index in [2.05, 4.69) is 10.7 Å². The molecule has 2 rings (SSSR count). The number of nitrogen functional groups attached to an aromatic ring is 1. The number of nitrogens with zero attached hydrogens (tertiary/aromatic N) is 1. The van der Waals surface area contributed by atoms with Gasteiger partial charge >= 0.3 is 6.03 Å². The first kappa shape index (κ1) is 16.4. The van der Waals surface area contributed by atoms with E-state index in [1.54, 1.807) is 61.6 Å². The number of anilines is 2. The molecule has 7 nitrogen and oxygen atoms in total. The van der Waals surface area contributed by atoms with Crippen LogP contribution < -0.4 is 25.9 Å². The number of hydrogen-bond acceptors (Lipinski definition) is 5. The lowest BCUT2D eigenvalue weighted by Crippen LogP contribution is -2.39. The van der Waals surface area contributed by atoms with Crippen molar-refractivity contribution in [2.45, 2.75) is 0 Å². The maximum atomic E-state index is 11.7. The predicted molar refractivity (Wildman–Crippen MR) is 89.8 cm³/mol. The molecule has 2 aromatic carbocycles. The smallest absolute Gasteiger partial charge is 0.333 e. The summed E-state index contributed by atoms with van der Waals surface area (Å²) in [5, 5.41) is 4.25. The summed E-state index contributed by atoms with van der Waals surface area (Å²) in [6, 6.07) is 11.9. The first-order valence-corrected chi connectivity index (χ1v) is 6.94. The van der Waals surface area contributed by atoms with Crippen LogP contribution in [0.1, 0.15) is 0 Å². The first-order valence-electron chi connectivity index (χ1n) is 6.94. The zero-order valence-corrected chi connectivity index (χ0v) is 13.3. The van der Waals surface area contributed by atoms with Gasteiger partial charge in [-0.15, -0.1) is 0 Å². The van der Waals surface area contributed by atoms with Gasteiger partial charge in [-0.05, 0) is 24.3 Å². The third-order valence-corrected chi connectivity index (χ3v) is 2.83. The fraction of sp³-hybridized carbons (Fsp3) is 0.188. The van der Waals surface area contributed by atoms with E-state index in [4.69, 9.17) is 15.2 Å². The van der Waals surface area contributed by atoms with Gasteiger partial charge in [0.05, 0.1) is 7.11 Å². The minimum absolute atomic E-state index is 0.346. The molecule has 4 N–H and O–H groups in total. The van der Waals surface area contributed by atoms with E-state index >= 15 is 0 Å². The van der Waals surface area contributed by atoms with Crippen molar-refractivity contribution >= 4 is 17.4 Å². The Morgan fingerprint density at radius 1 is 1.13 bits per heavy atom. The third kappa shape index (κ3) is 4.79. The Balaban J connectivity index is 2.14. The van der Waals surface area contributed by atoms with Gasteiger partial charge in [0, 0.05) is 37.6 Å². The molecule has 0 heterocycles. The number of benzene rings is 2. The molecule has 0 aromatic heterocycles. The van der Waals surface area contributed by atoms with Crippen LogP contribution in [0.4, 0.5) is 16.2 Å². The minimum atomic E-state index is -0.346. The Labute approximate surface area is 135 Å². The number of rotatable bonds is 5. The van der Waals surface area contributed by atoms with Gasteiger partial charge in [0.1, 0.15) is 5.75 Å². The van der Waals surface area contributed by atoms with Gasteiger partial charge in [0.2, 0.25) is 0 Å². The lowest BCUT2D eigenvalue weighted by Gasteiger charge is -2.15. The molecule has 0 spiro atoms. The summed E-state index contributed by atoms with van der Waals surface area (Å²) < 4.78 is 11.1. The molecule has 0 aliphatic heterocycles. The van der Waals surface area contributed by atoms with Crippen molar-refractivity contribution in [2.24, 2.45) is 0 Å². The maximum Gasteiger partial charge on any atom is 0.333 e. The first-order chi connectivity index (χ1) is 11.0. The van der Waals surface area contributed by atoms with Gasteiger partial charge in [-0.3, -0.25) is 5.43 Å². The van der Waals surface area contributed by atoms with Crippen LogP contribution in [0.3, 0.4) is 0 Å². The summed E-state index contributed by atoms with van der Waals surface area (Å²) >= 11 is 0. The molecule has 23 heavy (non-hydrogen) atoms. The number of hydrazine groups is 1. The molecule has 2 aromatic rings. The quantitative estimate of drug-likeness (QED) is 0.583. The lowest BCUT2D eigenvalue weighted by atomic mass is 10.2. The van der Waals surface area contributed by atoms with Crippen molar-refractivity contribution in [3.63, 3.8) is 0 Å². The monoisotopic (exact) mass is 316 g/mol. The molecule has 0 bridgehead atoms. The predicted octanol–water partition coefficient (Wildman–Crippen LogP) is 2.67. The Hall–Kier alpha value is -2.93.